The summed E-state index contributed by atoms with van der Waals surface area (Å²) in [4.78, 5) is 30.8. The molecule has 0 aliphatic carbocycles. The molecular weight excluding hydrogens is 441 g/mol. The zero-order valence-electron chi connectivity index (χ0n) is 19.8. The van der Waals surface area contributed by atoms with Crippen molar-refractivity contribution < 1.29 is 18.7 Å². The molecule has 3 amide bonds. The van der Waals surface area contributed by atoms with Crippen LogP contribution < -0.4 is 15.5 Å². The third kappa shape index (κ3) is 6.03. The van der Waals surface area contributed by atoms with E-state index in [1.807, 2.05) is 30.7 Å². The topological polar surface area (TPSA) is 95.0 Å². The van der Waals surface area contributed by atoms with Gasteiger partial charge in [-0.25, -0.2) is 9.18 Å². The Bertz CT molecular complexity index is 1010. The molecule has 0 spiro atoms. The van der Waals surface area contributed by atoms with Gasteiger partial charge in [-0.1, -0.05) is 0 Å². The maximum absolute atomic E-state index is 14.8. The van der Waals surface area contributed by atoms with E-state index in [-0.39, 0.29) is 24.7 Å². The van der Waals surface area contributed by atoms with Crippen molar-refractivity contribution in [2.75, 3.05) is 61.8 Å². The first-order valence-corrected chi connectivity index (χ1v) is 11.5. The summed E-state index contributed by atoms with van der Waals surface area (Å²) in [5.74, 6) is -0.416. The van der Waals surface area contributed by atoms with Crippen LogP contribution in [0.5, 0.6) is 0 Å². The quantitative estimate of drug-likeness (QED) is 0.690. The molecule has 0 saturated carbocycles. The molecule has 10 nitrogen and oxygen atoms in total. The summed E-state index contributed by atoms with van der Waals surface area (Å²) in [6.07, 6.45) is 3.10. The van der Waals surface area contributed by atoms with E-state index >= 15 is 0 Å². The number of rotatable bonds is 5. The van der Waals surface area contributed by atoms with Crippen LogP contribution in [0.2, 0.25) is 0 Å². The molecule has 2 aliphatic rings. The molecule has 4 rings (SSSR count). The number of benzene rings is 1. The van der Waals surface area contributed by atoms with Crippen LogP contribution in [0.4, 0.5) is 26.2 Å². The number of urea groups is 1. The van der Waals surface area contributed by atoms with E-state index in [9.17, 15) is 14.0 Å². The Morgan fingerprint density at radius 1 is 1.09 bits per heavy atom. The fourth-order valence-electron chi connectivity index (χ4n) is 4.32. The van der Waals surface area contributed by atoms with Crippen LogP contribution in [0.1, 0.15) is 13.8 Å². The third-order valence-electron chi connectivity index (χ3n) is 6.01. The number of piperazine rings is 1. The minimum Gasteiger partial charge on any atom is -0.372 e. The van der Waals surface area contributed by atoms with Crippen LogP contribution in [-0.2, 0) is 16.1 Å². The van der Waals surface area contributed by atoms with E-state index in [0.29, 0.717) is 43.2 Å². The molecule has 2 aliphatic heterocycles. The van der Waals surface area contributed by atoms with Crippen molar-refractivity contribution in [3.05, 3.63) is 36.4 Å². The summed E-state index contributed by atoms with van der Waals surface area (Å²) in [7, 11) is 2.03. The highest BCUT2D eigenvalue weighted by Gasteiger charge is 2.24. The van der Waals surface area contributed by atoms with Crippen LogP contribution in [0, 0.1) is 5.82 Å². The summed E-state index contributed by atoms with van der Waals surface area (Å²) in [6.45, 7) is 8.35. The number of carbonyl (C=O) groups is 2. The van der Waals surface area contributed by atoms with Crippen LogP contribution in [-0.4, -0.2) is 90.0 Å². The highest BCUT2D eigenvalue weighted by molar-refractivity contribution is 5.99. The van der Waals surface area contributed by atoms with Crippen molar-refractivity contribution >= 4 is 29.0 Å². The highest BCUT2D eigenvalue weighted by Crippen LogP contribution is 2.26. The highest BCUT2D eigenvalue weighted by atomic mass is 19.1. The molecule has 0 radical (unpaired) electrons. The van der Waals surface area contributed by atoms with E-state index in [1.54, 1.807) is 18.3 Å². The molecule has 34 heavy (non-hydrogen) atoms. The molecule has 184 valence electrons. The van der Waals surface area contributed by atoms with Crippen LogP contribution in [0.3, 0.4) is 0 Å². The molecule has 1 aromatic heterocycles. The summed E-state index contributed by atoms with van der Waals surface area (Å²) >= 11 is 0. The Hall–Kier alpha value is -3.18. The van der Waals surface area contributed by atoms with Gasteiger partial charge in [0, 0.05) is 51.2 Å². The Balaban J connectivity index is 1.30. The Labute approximate surface area is 198 Å². The first-order valence-electron chi connectivity index (χ1n) is 11.5. The standard InChI is InChI=1S/C23H32FN7O3/c1-16-12-30(13-17(2)34-16)21-5-4-18(10-20(21)24)26-23(33)27-19-11-25-31(14-19)15-22(32)29-8-6-28(3)7-9-29/h4-5,10-11,14,16-17H,6-9,12-13,15H2,1-3H3,(H2,26,27,33)/t16-,17+. The minimum atomic E-state index is -0.522. The SMILES string of the molecule is C[C@@H]1CN(c2ccc(NC(=O)Nc3cnn(CC(=O)N4CCN(C)CC4)c3)cc2F)C[C@H](C)O1. The number of hydrogen-bond acceptors (Lipinski definition) is 6. The van der Waals surface area contributed by atoms with E-state index < -0.39 is 11.8 Å². The molecule has 2 aromatic rings. The summed E-state index contributed by atoms with van der Waals surface area (Å²) in [6, 6.07) is 4.11. The van der Waals surface area contributed by atoms with E-state index in [4.69, 9.17) is 4.74 Å². The number of likely N-dealkylation sites (N-methyl/N-ethyl adjacent to an activating group) is 1. The van der Waals surface area contributed by atoms with E-state index in [1.165, 1.54) is 16.9 Å². The number of anilines is 3. The fourth-order valence-corrected chi connectivity index (χ4v) is 4.32. The number of hydrogen-bond donors (Lipinski definition) is 2. The predicted molar refractivity (Wildman–Crippen MR) is 128 cm³/mol. The largest absolute Gasteiger partial charge is 0.372 e. The average molecular weight is 474 g/mol. The van der Waals surface area contributed by atoms with Crippen molar-refractivity contribution in [2.45, 2.75) is 32.6 Å². The second kappa shape index (κ2) is 10.4. The number of ether oxygens (including phenoxy) is 1. The number of nitrogens with one attached hydrogen (secondary N) is 2. The summed E-state index contributed by atoms with van der Waals surface area (Å²) in [5.41, 5.74) is 1.27. The lowest BCUT2D eigenvalue weighted by molar-refractivity contribution is -0.133. The number of carbonyl (C=O) groups excluding carboxylic acids is 2. The summed E-state index contributed by atoms with van der Waals surface area (Å²) in [5, 5.41) is 9.46. The zero-order valence-corrected chi connectivity index (χ0v) is 19.8. The van der Waals surface area contributed by atoms with Gasteiger partial charge >= 0.3 is 6.03 Å². The van der Waals surface area contributed by atoms with Gasteiger partial charge < -0.3 is 30.1 Å². The van der Waals surface area contributed by atoms with Gasteiger partial charge in [0.05, 0.1) is 29.8 Å². The van der Waals surface area contributed by atoms with Gasteiger partial charge in [0.25, 0.3) is 0 Å². The maximum atomic E-state index is 14.8. The van der Waals surface area contributed by atoms with Gasteiger partial charge in [-0.05, 0) is 39.1 Å². The summed E-state index contributed by atoms with van der Waals surface area (Å²) < 4.78 is 22.0. The van der Waals surface area contributed by atoms with Crippen LogP contribution >= 0.6 is 0 Å². The van der Waals surface area contributed by atoms with Crippen molar-refractivity contribution in [3.8, 4) is 0 Å². The smallest absolute Gasteiger partial charge is 0.323 e. The number of nitrogens with zero attached hydrogens (tertiary/aromatic N) is 5. The number of amides is 3. The molecule has 0 unspecified atom stereocenters. The molecule has 3 heterocycles. The molecule has 2 saturated heterocycles. The van der Waals surface area contributed by atoms with Crippen molar-refractivity contribution in [2.24, 2.45) is 0 Å². The van der Waals surface area contributed by atoms with Gasteiger partial charge in [0.15, 0.2) is 0 Å². The lowest BCUT2D eigenvalue weighted by Crippen LogP contribution is -2.48. The van der Waals surface area contributed by atoms with Crippen molar-refractivity contribution in [3.63, 3.8) is 0 Å². The number of aromatic nitrogens is 2. The van der Waals surface area contributed by atoms with E-state index in [0.717, 1.165) is 13.1 Å². The second-order valence-corrected chi connectivity index (χ2v) is 9.02. The lowest BCUT2D eigenvalue weighted by Gasteiger charge is -2.37. The first-order chi connectivity index (χ1) is 16.3. The molecule has 2 atom stereocenters. The van der Waals surface area contributed by atoms with Crippen LogP contribution in [0.25, 0.3) is 0 Å². The van der Waals surface area contributed by atoms with Crippen LogP contribution in [0.15, 0.2) is 30.6 Å². The third-order valence-corrected chi connectivity index (χ3v) is 6.01. The monoisotopic (exact) mass is 473 g/mol. The van der Waals surface area contributed by atoms with Crippen molar-refractivity contribution in [1.29, 1.82) is 0 Å². The molecular formula is C23H32FN7O3. The number of halogens is 1. The minimum absolute atomic E-state index is 0.00757. The maximum Gasteiger partial charge on any atom is 0.323 e. The predicted octanol–water partition coefficient (Wildman–Crippen LogP) is 2.05. The Morgan fingerprint density at radius 2 is 1.76 bits per heavy atom. The average Bonchev–Trinajstić information content (AvgIpc) is 3.20. The molecule has 1 aromatic carbocycles. The van der Waals surface area contributed by atoms with Gasteiger partial charge in [0.2, 0.25) is 5.91 Å². The Kier molecular flexibility index (Phi) is 7.32. The molecule has 11 heteroatoms. The van der Waals surface area contributed by atoms with Gasteiger partial charge in [0.1, 0.15) is 12.4 Å². The molecule has 2 N–H and O–H groups in total. The fraction of sp³-hybridized carbons (Fsp3) is 0.522. The molecule has 0 bridgehead atoms. The second-order valence-electron chi connectivity index (χ2n) is 9.02. The van der Waals surface area contributed by atoms with Gasteiger partial charge in [-0.3, -0.25) is 9.48 Å². The van der Waals surface area contributed by atoms with Gasteiger partial charge in [-0.2, -0.15) is 5.10 Å². The van der Waals surface area contributed by atoms with Gasteiger partial charge in [-0.15, -0.1) is 0 Å². The Morgan fingerprint density at radius 3 is 2.44 bits per heavy atom. The lowest BCUT2D eigenvalue weighted by atomic mass is 10.2. The normalized spacial score (nSPS) is 21.4. The zero-order chi connectivity index (χ0) is 24.2. The molecule has 2 fully saturated rings. The van der Waals surface area contributed by atoms with E-state index in [2.05, 4.69) is 20.6 Å². The first kappa shape index (κ1) is 24.0. The number of morpholine rings is 1. The van der Waals surface area contributed by atoms with Crippen molar-refractivity contribution in [1.82, 2.24) is 19.6 Å².